The van der Waals surface area contributed by atoms with E-state index in [-0.39, 0.29) is 16.2 Å². The van der Waals surface area contributed by atoms with E-state index in [0.717, 1.165) is 46.0 Å². The molecule has 0 bridgehead atoms. The zero-order chi connectivity index (χ0) is 46.0. The van der Waals surface area contributed by atoms with Crippen molar-refractivity contribution in [3.8, 4) is 39.6 Å². The maximum atomic E-state index is 6.82. The van der Waals surface area contributed by atoms with Gasteiger partial charge in [0.25, 0.3) is 0 Å². The van der Waals surface area contributed by atoms with Crippen LogP contribution in [0.4, 0.5) is 17.1 Å². The molecule has 0 saturated carbocycles. The van der Waals surface area contributed by atoms with Gasteiger partial charge in [-0.2, -0.15) is 0 Å². The van der Waals surface area contributed by atoms with Crippen LogP contribution < -0.4 is 14.5 Å². The number of pyridine rings is 1. The van der Waals surface area contributed by atoms with Crippen molar-refractivity contribution in [2.75, 3.05) is 16.5 Å². The standard InChI is InChI=1S/C61H60N4O/c1-59(2,3)45-25-22-42(23-26-45)51-29-27-46(60(4,5)6)34-44(51)39-63-40-64(56-21-14-13-20-55(56)63)48-18-15-19-49(37-48)66-50-28-30-52-53-35-43(41-16-11-10-12-17-41)24-31-54(53)65(57(52)38-50)58-36-47(32-33-62-58)61(7,8)9/h10-38H,39-40H2,1-9H3. The van der Waals surface area contributed by atoms with Crippen LogP contribution in [0, 0.1) is 0 Å². The summed E-state index contributed by atoms with van der Waals surface area (Å²) in [5, 5.41) is 2.33. The Morgan fingerprint density at radius 2 is 1.15 bits per heavy atom. The topological polar surface area (TPSA) is 33.5 Å². The van der Waals surface area contributed by atoms with Crippen LogP contribution in [-0.4, -0.2) is 16.2 Å². The van der Waals surface area contributed by atoms with Crippen molar-refractivity contribution in [2.45, 2.75) is 85.1 Å². The molecule has 0 unspecified atom stereocenters. The second kappa shape index (κ2) is 16.4. The second-order valence-electron chi connectivity index (χ2n) is 21.1. The van der Waals surface area contributed by atoms with Crippen molar-refractivity contribution in [1.82, 2.24) is 9.55 Å². The van der Waals surface area contributed by atoms with Crippen molar-refractivity contribution in [2.24, 2.45) is 0 Å². The summed E-state index contributed by atoms with van der Waals surface area (Å²) in [5.41, 5.74) is 15.9. The zero-order valence-electron chi connectivity index (χ0n) is 39.9. The van der Waals surface area contributed by atoms with Gasteiger partial charge in [0.1, 0.15) is 17.3 Å². The Hall–Kier alpha value is -7.11. The van der Waals surface area contributed by atoms with Crippen molar-refractivity contribution in [3.63, 3.8) is 0 Å². The molecule has 2 aromatic heterocycles. The van der Waals surface area contributed by atoms with E-state index in [9.17, 15) is 0 Å². The summed E-state index contributed by atoms with van der Waals surface area (Å²) in [6.45, 7) is 22.0. The SMILES string of the molecule is CC(C)(C)c1ccc(-c2ccc(C(C)(C)C)cc2CN2CN(c3cccc(Oc4ccc5c6cc(-c7ccccc7)ccc6n(-c6cc(C(C)(C)C)ccn6)c5c4)c3)c3ccccc32)cc1. The fourth-order valence-electron chi connectivity index (χ4n) is 9.45. The number of anilines is 3. The Morgan fingerprint density at radius 1 is 0.485 bits per heavy atom. The summed E-state index contributed by atoms with van der Waals surface area (Å²) >= 11 is 0. The maximum absolute atomic E-state index is 6.82. The number of hydrogen-bond acceptors (Lipinski definition) is 4. The molecule has 330 valence electrons. The Labute approximate surface area is 391 Å². The molecule has 5 nitrogen and oxygen atoms in total. The van der Waals surface area contributed by atoms with E-state index in [1.807, 2.05) is 6.20 Å². The van der Waals surface area contributed by atoms with Crippen LogP contribution in [-0.2, 0) is 22.8 Å². The molecular formula is C61H60N4O. The summed E-state index contributed by atoms with van der Waals surface area (Å²) in [5.74, 6) is 2.44. The fourth-order valence-corrected chi connectivity index (χ4v) is 9.45. The van der Waals surface area contributed by atoms with Crippen LogP contribution in [0.2, 0.25) is 0 Å². The minimum absolute atomic E-state index is 0.0255. The van der Waals surface area contributed by atoms with Gasteiger partial charge >= 0.3 is 0 Å². The van der Waals surface area contributed by atoms with Crippen molar-refractivity contribution < 1.29 is 4.74 Å². The predicted molar refractivity (Wildman–Crippen MR) is 278 cm³/mol. The Balaban J connectivity index is 0.987. The molecule has 0 saturated heterocycles. The second-order valence-corrected chi connectivity index (χ2v) is 21.1. The lowest BCUT2D eigenvalue weighted by Crippen LogP contribution is -2.28. The number of nitrogens with zero attached hydrogens (tertiary/aromatic N) is 4. The van der Waals surface area contributed by atoms with Gasteiger partial charge in [-0.15, -0.1) is 0 Å². The molecule has 10 rings (SSSR count). The van der Waals surface area contributed by atoms with Crippen molar-refractivity contribution >= 4 is 38.9 Å². The van der Waals surface area contributed by atoms with E-state index in [2.05, 4.69) is 247 Å². The molecule has 0 aliphatic carbocycles. The molecule has 0 amide bonds. The molecule has 3 heterocycles. The largest absolute Gasteiger partial charge is 0.457 e. The molecule has 1 aliphatic heterocycles. The molecule has 0 spiro atoms. The van der Waals surface area contributed by atoms with Gasteiger partial charge in [-0.05, 0) is 121 Å². The number of para-hydroxylation sites is 2. The average molecular weight is 865 g/mol. The summed E-state index contributed by atoms with van der Waals surface area (Å²) in [4.78, 5) is 9.87. The van der Waals surface area contributed by atoms with Gasteiger partial charge in [0.2, 0.25) is 0 Å². The first-order valence-corrected chi connectivity index (χ1v) is 23.3. The molecule has 5 heteroatoms. The molecule has 0 atom stereocenters. The van der Waals surface area contributed by atoms with Gasteiger partial charge in [-0.3, -0.25) is 4.57 Å². The molecule has 9 aromatic rings. The monoisotopic (exact) mass is 864 g/mol. The Bertz CT molecular complexity index is 3230. The molecular weight excluding hydrogens is 805 g/mol. The minimum Gasteiger partial charge on any atom is -0.457 e. The smallest absolute Gasteiger partial charge is 0.137 e. The first kappa shape index (κ1) is 42.8. The first-order chi connectivity index (χ1) is 31.6. The van der Waals surface area contributed by atoms with E-state index in [1.54, 1.807) is 0 Å². The van der Waals surface area contributed by atoms with E-state index < -0.39 is 0 Å². The highest BCUT2D eigenvalue weighted by atomic mass is 16.5. The van der Waals surface area contributed by atoms with Gasteiger partial charge in [-0.1, -0.05) is 159 Å². The van der Waals surface area contributed by atoms with E-state index >= 15 is 0 Å². The van der Waals surface area contributed by atoms with Gasteiger partial charge < -0.3 is 14.5 Å². The lowest BCUT2D eigenvalue weighted by Gasteiger charge is -2.26. The number of aromatic nitrogens is 2. The lowest BCUT2D eigenvalue weighted by molar-refractivity contribution is 0.483. The van der Waals surface area contributed by atoms with E-state index in [0.29, 0.717) is 6.67 Å². The van der Waals surface area contributed by atoms with Crippen LogP contribution in [0.5, 0.6) is 11.5 Å². The highest BCUT2D eigenvalue weighted by Crippen LogP contribution is 2.44. The summed E-state index contributed by atoms with van der Waals surface area (Å²) in [7, 11) is 0. The highest BCUT2D eigenvalue weighted by molar-refractivity contribution is 6.10. The Morgan fingerprint density at radius 3 is 1.89 bits per heavy atom. The van der Waals surface area contributed by atoms with Crippen molar-refractivity contribution in [3.05, 3.63) is 198 Å². The maximum Gasteiger partial charge on any atom is 0.137 e. The number of fused-ring (bicyclic) bond motifs is 4. The zero-order valence-corrected chi connectivity index (χ0v) is 39.9. The third kappa shape index (κ3) is 8.24. The van der Waals surface area contributed by atoms with Gasteiger partial charge in [-0.25, -0.2) is 4.98 Å². The average Bonchev–Trinajstić information content (AvgIpc) is 3.83. The normalized spacial score (nSPS) is 13.2. The predicted octanol–water partition coefficient (Wildman–Crippen LogP) is 16.3. The molecule has 0 radical (unpaired) electrons. The third-order valence-electron chi connectivity index (χ3n) is 13.3. The van der Waals surface area contributed by atoms with Crippen LogP contribution in [0.15, 0.2) is 176 Å². The van der Waals surface area contributed by atoms with Crippen LogP contribution in [0.3, 0.4) is 0 Å². The molecule has 0 fully saturated rings. The minimum atomic E-state index is -0.0255. The van der Waals surface area contributed by atoms with Gasteiger partial charge in [0.05, 0.1) is 29.1 Å². The number of benzene rings is 7. The van der Waals surface area contributed by atoms with Gasteiger partial charge in [0.15, 0.2) is 0 Å². The Kier molecular flexibility index (Phi) is 10.6. The summed E-state index contributed by atoms with van der Waals surface area (Å²) in [6.07, 6.45) is 1.93. The van der Waals surface area contributed by atoms with Crippen LogP contribution in [0.25, 0.3) is 49.9 Å². The lowest BCUT2D eigenvalue weighted by atomic mass is 9.83. The fraction of sp³-hybridized carbons (Fsp3) is 0.230. The number of ether oxygens (including phenoxy) is 1. The van der Waals surface area contributed by atoms with E-state index in [1.165, 1.54) is 61.3 Å². The number of rotatable bonds is 8. The first-order valence-electron chi connectivity index (χ1n) is 23.3. The van der Waals surface area contributed by atoms with Crippen LogP contribution in [0.1, 0.15) is 84.6 Å². The quantitative estimate of drug-likeness (QED) is 0.152. The molecule has 0 N–H and O–H groups in total. The van der Waals surface area contributed by atoms with Gasteiger partial charge in [0, 0.05) is 41.3 Å². The number of hydrogen-bond donors (Lipinski definition) is 0. The molecule has 7 aromatic carbocycles. The summed E-state index contributed by atoms with van der Waals surface area (Å²) < 4.78 is 9.11. The highest BCUT2D eigenvalue weighted by Gasteiger charge is 2.29. The summed E-state index contributed by atoms with van der Waals surface area (Å²) in [6, 6.07) is 61.7. The third-order valence-corrected chi connectivity index (χ3v) is 13.3. The van der Waals surface area contributed by atoms with E-state index in [4.69, 9.17) is 9.72 Å². The van der Waals surface area contributed by atoms with Crippen molar-refractivity contribution in [1.29, 1.82) is 0 Å². The molecule has 66 heavy (non-hydrogen) atoms. The molecule has 1 aliphatic rings. The van der Waals surface area contributed by atoms with Crippen LogP contribution >= 0.6 is 0 Å².